The van der Waals surface area contributed by atoms with E-state index in [4.69, 9.17) is 4.52 Å². The molecule has 1 aromatic carbocycles. The first-order chi connectivity index (χ1) is 11.7. The number of carbonyl (C=O) groups is 2. The largest absolute Gasteiger partial charge is 0.359 e. The molecule has 126 valence electrons. The highest BCUT2D eigenvalue weighted by Crippen LogP contribution is 2.18. The maximum absolute atomic E-state index is 12.0. The smallest absolute Gasteiger partial charge is 0.315 e. The molecule has 0 aliphatic carbocycles. The summed E-state index contributed by atoms with van der Waals surface area (Å²) in [6.07, 6.45) is 2.50. The zero-order chi connectivity index (χ0) is 16.8. The second-order valence-corrected chi connectivity index (χ2v) is 5.71. The molecule has 1 aliphatic rings. The Labute approximate surface area is 139 Å². The number of nitrogens with one attached hydrogen (secondary N) is 3. The number of carbonyl (C=O) groups excluding carboxylic acids is 2. The Morgan fingerprint density at radius 3 is 2.96 bits per heavy atom. The van der Waals surface area contributed by atoms with Crippen LogP contribution in [0, 0.1) is 0 Å². The van der Waals surface area contributed by atoms with Crippen LogP contribution in [0.2, 0.25) is 0 Å². The van der Waals surface area contributed by atoms with Gasteiger partial charge in [0.1, 0.15) is 11.7 Å². The van der Waals surface area contributed by atoms with Crippen molar-refractivity contribution in [3.05, 3.63) is 42.2 Å². The molecule has 2 aromatic rings. The molecule has 0 bridgehead atoms. The van der Waals surface area contributed by atoms with Gasteiger partial charge < -0.3 is 20.5 Å². The molecule has 0 spiro atoms. The topological polar surface area (TPSA) is 96.3 Å². The first kappa shape index (κ1) is 16.0. The quantitative estimate of drug-likeness (QED) is 0.797. The lowest BCUT2D eigenvalue weighted by Crippen LogP contribution is -2.48. The molecule has 0 radical (unpaired) electrons. The number of amides is 3. The van der Waals surface area contributed by atoms with E-state index in [9.17, 15) is 9.59 Å². The molecule has 7 heteroatoms. The highest BCUT2D eigenvalue weighted by molar-refractivity contribution is 5.87. The Hall–Kier alpha value is -2.83. The van der Waals surface area contributed by atoms with Crippen molar-refractivity contribution in [2.75, 3.05) is 6.54 Å². The lowest BCUT2D eigenvalue weighted by Gasteiger charge is -2.15. The van der Waals surface area contributed by atoms with Crippen molar-refractivity contribution in [3.8, 4) is 11.3 Å². The summed E-state index contributed by atoms with van der Waals surface area (Å²) in [5.41, 5.74) is 1.67. The van der Waals surface area contributed by atoms with Gasteiger partial charge in [-0.1, -0.05) is 35.5 Å². The lowest BCUT2D eigenvalue weighted by molar-refractivity contribution is -0.122. The maximum Gasteiger partial charge on any atom is 0.315 e. The Morgan fingerprint density at radius 2 is 2.12 bits per heavy atom. The Bertz CT molecular complexity index is 699. The molecular formula is C17H20N4O3. The van der Waals surface area contributed by atoms with Crippen molar-refractivity contribution in [1.29, 1.82) is 0 Å². The maximum atomic E-state index is 12.0. The minimum Gasteiger partial charge on any atom is -0.359 e. The summed E-state index contributed by atoms with van der Waals surface area (Å²) in [4.78, 5) is 23.8. The molecule has 1 aromatic heterocycles. The fourth-order valence-corrected chi connectivity index (χ4v) is 2.59. The molecule has 3 rings (SSSR count). The minimum atomic E-state index is -0.484. The predicted molar refractivity (Wildman–Crippen MR) is 88.0 cm³/mol. The van der Waals surface area contributed by atoms with E-state index in [1.807, 2.05) is 30.3 Å². The van der Waals surface area contributed by atoms with Crippen LogP contribution in [-0.4, -0.2) is 29.7 Å². The molecule has 1 unspecified atom stereocenters. The summed E-state index contributed by atoms with van der Waals surface area (Å²) in [5.74, 6) is 0.419. The van der Waals surface area contributed by atoms with Gasteiger partial charge in [-0.05, 0) is 19.3 Å². The van der Waals surface area contributed by atoms with Crippen LogP contribution in [0.25, 0.3) is 11.3 Å². The summed E-state index contributed by atoms with van der Waals surface area (Å²) in [6.45, 7) is 0.874. The molecule has 2 heterocycles. The number of urea groups is 1. The van der Waals surface area contributed by atoms with Gasteiger partial charge in [-0.25, -0.2) is 4.79 Å². The third kappa shape index (κ3) is 4.13. The SMILES string of the molecule is O=C(NCc1cc(-c2ccccc2)no1)NC1CCCCNC1=O. The normalized spacial score (nSPS) is 17.7. The lowest BCUT2D eigenvalue weighted by atomic mass is 10.1. The van der Waals surface area contributed by atoms with E-state index in [1.165, 1.54) is 0 Å². The molecule has 0 saturated carbocycles. The monoisotopic (exact) mass is 328 g/mol. The standard InChI is InChI=1S/C17H20N4O3/c22-16-14(8-4-5-9-18-16)20-17(23)19-11-13-10-15(21-24-13)12-6-2-1-3-7-12/h1-3,6-7,10,14H,4-5,8-9,11H2,(H,18,22)(H2,19,20,23). The average Bonchev–Trinajstić information content (AvgIpc) is 2.99. The predicted octanol–water partition coefficient (Wildman–Crippen LogP) is 1.81. The highest BCUT2D eigenvalue weighted by Gasteiger charge is 2.22. The fourth-order valence-electron chi connectivity index (χ4n) is 2.59. The van der Waals surface area contributed by atoms with E-state index in [0.717, 1.165) is 24.1 Å². The van der Waals surface area contributed by atoms with Crippen LogP contribution in [0.5, 0.6) is 0 Å². The van der Waals surface area contributed by atoms with Crippen LogP contribution in [0.1, 0.15) is 25.0 Å². The molecule has 1 saturated heterocycles. The molecule has 7 nitrogen and oxygen atoms in total. The molecule has 1 atom stereocenters. The van der Waals surface area contributed by atoms with Gasteiger partial charge in [0.05, 0.1) is 6.54 Å². The Morgan fingerprint density at radius 1 is 1.29 bits per heavy atom. The van der Waals surface area contributed by atoms with E-state index in [2.05, 4.69) is 21.1 Å². The molecule has 3 amide bonds. The van der Waals surface area contributed by atoms with Crippen LogP contribution in [0.4, 0.5) is 4.79 Å². The fraction of sp³-hybridized carbons (Fsp3) is 0.353. The van der Waals surface area contributed by atoms with Gasteiger partial charge in [0.2, 0.25) is 5.91 Å². The van der Waals surface area contributed by atoms with Gasteiger partial charge in [-0.15, -0.1) is 0 Å². The number of nitrogens with zero attached hydrogens (tertiary/aromatic N) is 1. The summed E-state index contributed by atoms with van der Waals surface area (Å²) >= 11 is 0. The van der Waals surface area contributed by atoms with Crippen molar-refractivity contribution in [2.24, 2.45) is 0 Å². The van der Waals surface area contributed by atoms with Crippen molar-refractivity contribution in [3.63, 3.8) is 0 Å². The number of hydrogen-bond acceptors (Lipinski definition) is 4. The van der Waals surface area contributed by atoms with Gasteiger partial charge >= 0.3 is 6.03 Å². The van der Waals surface area contributed by atoms with Crippen LogP contribution in [0.3, 0.4) is 0 Å². The van der Waals surface area contributed by atoms with Crippen molar-refractivity contribution >= 4 is 11.9 Å². The van der Waals surface area contributed by atoms with Crippen molar-refractivity contribution in [1.82, 2.24) is 21.1 Å². The molecule has 1 aliphatic heterocycles. The first-order valence-corrected chi connectivity index (χ1v) is 8.05. The van der Waals surface area contributed by atoms with E-state index in [-0.39, 0.29) is 12.5 Å². The third-order valence-corrected chi connectivity index (χ3v) is 3.89. The summed E-state index contributed by atoms with van der Waals surface area (Å²) in [6, 6.07) is 10.6. The van der Waals surface area contributed by atoms with Gasteiger partial charge in [-0.2, -0.15) is 0 Å². The number of hydrogen-bond donors (Lipinski definition) is 3. The second kappa shape index (κ2) is 7.63. The van der Waals surface area contributed by atoms with Crippen LogP contribution in [0.15, 0.2) is 40.9 Å². The summed E-state index contributed by atoms with van der Waals surface area (Å²) in [7, 11) is 0. The van der Waals surface area contributed by atoms with Crippen LogP contribution in [-0.2, 0) is 11.3 Å². The third-order valence-electron chi connectivity index (χ3n) is 3.89. The first-order valence-electron chi connectivity index (χ1n) is 8.05. The van der Waals surface area contributed by atoms with Crippen molar-refractivity contribution < 1.29 is 14.1 Å². The van der Waals surface area contributed by atoms with E-state index in [1.54, 1.807) is 6.07 Å². The summed E-state index contributed by atoms with van der Waals surface area (Å²) in [5, 5.41) is 12.2. The molecule has 24 heavy (non-hydrogen) atoms. The van der Waals surface area contributed by atoms with Crippen LogP contribution >= 0.6 is 0 Å². The zero-order valence-corrected chi connectivity index (χ0v) is 13.2. The Kier molecular flexibility index (Phi) is 5.10. The van der Waals surface area contributed by atoms with Gasteiger partial charge in [-0.3, -0.25) is 4.79 Å². The average molecular weight is 328 g/mol. The van der Waals surface area contributed by atoms with E-state index in [0.29, 0.717) is 18.7 Å². The molecule has 1 fully saturated rings. The second-order valence-electron chi connectivity index (χ2n) is 5.71. The van der Waals surface area contributed by atoms with E-state index < -0.39 is 12.1 Å². The van der Waals surface area contributed by atoms with Gasteiger partial charge in [0, 0.05) is 18.2 Å². The van der Waals surface area contributed by atoms with Gasteiger partial charge in [0.15, 0.2) is 5.76 Å². The highest BCUT2D eigenvalue weighted by atomic mass is 16.5. The Balaban J connectivity index is 1.51. The van der Waals surface area contributed by atoms with E-state index >= 15 is 0 Å². The zero-order valence-electron chi connectivity index (χ0n) is 13.2. The molecule has 3 N–H and O–H groups in total. The van der Waals surface area contributed by atoms with Gasteiger partial charge in [0.25, 0.3) is 0 Å². The van der Waals surface area contributed by atoms with Crippen molar-refractivity contribution in [2.45, 2.75) is 31.8 Å². The van der Waals surface area contributed by atoms with Crippen LogP contribution < -0.4 is 16.0 Å². The number of rotatable bonds is 4. The number of aromatic nitrogens is 1. The summed E-state index contributed by atoms with van der Waals surface area (Å²) < 4.78 is 5.23. The number of benzene rings is 1. The minimum absolute atomic E-state index is 0.131. The molecular weight excluding hydrogens is 308 g/mol.